The highest BCUT2D eigenvalue weighted by Gasteiger charge is 2.37. The molecule has 2 saturated heterocycles. The second-order valence-electron chi connectivity index (χ2n) is 5.48. The molecule has 2 fully saturated rings. The fraction of sp³-hybridized carbons (Fsp3) is 0.571. The third-order valence-electron chi connectivity index (χ3n) is 4.39. The predicted octanol–water partition coefficient (Wildman–Crippen LogP) is 2.80. The van der Waals surface area contributed by atoms with Crippen molar-refractivity contribution in [1.82, 2.24) is 10.2 Å². The molecule has 4 heteroatoms. The molecule has 2 heterocycles. The summed E-state index contributed by atoms with van der Waals surface area (Å²) in [7, 11) is 0. The second kappa shape index (κ2) is 4.91. The summed E-state index contributed by atoms with van der Waals surface area (Å²) in [6.07, 6.45) is 0. The van der Waals surface area contributed by atoms with E-state index in [-0.39, 0.29) is 5.82 Å². The van der Waals surface area contributed by atoms with E-state index in [1.165, 1.54) is 5.56 Å². The SMILES string of the molecule is CC(c1ccc(F)c(Br)c1)N1C[C@H]2CNC[C@H]2C1. The Balaban J connectivity index is 1.74. The van der Waals surface area contributed by atoms with Crippen molar-refractivity contribution in [3.05, 3.63) is 34.1 Å². The lowest BCUT2D eigenvalue weighted by Gasteiger charge is -2.25. The van der Waals surface area contributed by atoms with Crippen LogP contribution in [0.5, 0.6) is 0 Å². The van der Waals surface area contributed by atoms with E-state index in [0.29, 0.717) is 10.5 Å². The van der Waals surface area contributed by atoms with Gasteiger partial charge in [-0.15, -0.1) is 0 Å². The summed E-state index contributed by atoms with van der Waals surface area (Å²) < 4.78 is 13.8. The molecule has 0 amide bonds. The molecule has 0 spiro atoms. The number of likely N-dealkylation sites (tertiary alicyclic amines) is 1. The molecule has 1 unspecified atom stereocenters. The van der Waals surface area contributed by atoms with E-state index in [1.54, 1.807) is 6.07 Å². The monoisotopic (exact) mass is 312 g/mol. The van der Waals surface area contributed by atoms with Gasteiger partial charge in [-0.2, -0.15) is 0 Å². The maximum atomic E-state index is 13.3. The lowest BCUT2D eigenvalue weighted by atomic mass is 10.0. The maximum absolute atomic E-state index is 13.3. The molecule has 2 nitrogen and oxygen atoms in total. The summed E-state index contributed by atoms with van der Waals surface area (Å²) >= 11 is 3.27. The standard InChI is InChI=1S/C14H18BrFN2/c1-9(10-2-3-14(16)13(15)4-10)18-7-11-5-17-6-12(11)8-18/h2-4,9,11-12,17H,5-8H2,1H3/t9?,11-,12+. The molecule has 3 atom stereocenters. The van der Waals surface area contributed by atoms with Crippen LogP contribution in [-0.4, -0.2) is 31.1 Å². The molecule has 98 valence electrons. The quantitative estimate of drug-likeness (QED) is 0.903. The molecule has 0 aliphatic carbocycles. The van der Waals surface area contributed by atoms with Gasteiger partial charge < -0.3 is 5.32 Å². The molecule has 1 aromatic carbocycles. The van der Waals surface area contributed by atoms with E-state index in [0.717, 1.165) is 38.0 Å². The highest BCUT2D eigenvalue weighted by Crippen LogP contribution is 2.33. The van der Waals surface area contributed by atoms with E-state index in [4.69, 9.17) is 0 Å². The topological polar surface area (TPSA) is 15.3 Å². The van der Waals surface area contributed by atoms with Gasteiger partial charge >= 0.3 is 0 Å². The van der Waals surface area contributed by atoms with Crippen molar-refractivity contribution >= 4 is 15.9 Å². The van der Waals surface area contributed by atoms with Gasteiger partial charge in [0.1, 0.15) is 5.82 Å². The number of nitrogens with one attached hydrogen (secondary N) is 1. The van der Waals surface area contributed by atoms with Crippen LogP contribution in [0.1, 0.15) is 18.5 Å². The fourth-order valence-electron chi connectivity index (χ4n) is 3.19. The summed E-state index contributed by atoms with van der Waals surface area (Å²) in [5.74, 6) is 1.42. The zero-order valence-corrected chi connectivity index (χ0v) is 12.1. The number of fused-ring (bicyclic) bond motifs is 1. The number of halogens is 2. The van der Waals surface area contributed by atoms with Crippen molar-refractivity contribution in [2.45, 2.75) is 13.0 Å². The third-order valence-corrected chi connectivity index (χ3v) is 5.00. The van der Waals surface area contributed by atoms with Crippen molar-refractivity contribution < 1.29 is 4.39 Å². The summed E-state index contributed by atoms with van der Waals surface area (Å²) in [5, 5.41) is 3.46. The van der Waals surface area contributed by atoms with Crippen LogP contribution in [0.3, 0.4) is 0 Å². The van der Waals surface area contributed by atoms with Crippen LogP contribution in [0.4, 0.5) is 4.39 Å². The lowest BCUT2D eigenvalue weighted by Crippen LogP contribution is -2.28. The Morgan fingerprint density at radius 3 is 2.61 bits per heavy atom. The third kappa shape index (κ3) is 2.22. The average molecular weight is 313 g/mol. The molecule has 0 radical (unpaired) electrons. The van der Waals surface area contributed by atoms with Gasteiger partial charge in [-0.25, -0.2) is 4.39 Å². The first kappa shape index (κ1) is 12.6. The van der Waals surface area contributed by atoms with Gasteiger partial charge in [0.2, 0.25) is 0 Å². The number of rotatable bonds is 2. The van der Waals surface area contributed by atoms with Gasteiger partial charge in [0, 0.05) is 19.1 Å². The normalized spacial score (nSPS) is 29.5. The molecule has 3 rings (SSSR count). The van der Waals surface area contributed by atoms with Crippen LogP contribution in [0, 0.1) is 17.7 Å². The molecular weight excluding hydrogens is 295 g/mol. The number of hydrogen-bond acceptors (Lipinski definition) is 2. The second-order valence-corrected chi connectivity index (χ2v) is 6.34. The fourth-order valence-corrected chi connectivity index (χ4v) is 3.59. The summed E-state index contributed by atoms with van der Waals surface area (Å²) in [5.41, 5.74) is 1.19. The van der Waals surface area contributed by atoms with Crippen LogP contribution in [0.15, 0.2) is 22.7 Å². The molecule has 1 N–H and O–H groups in total. The molecule has 0 bridgehead atoms. The zero-order valence-electron chi connectivity index (χ0n) is 10.5. The van der Waals surface area contributed by atoms with Crippen LogP contribution in [-0.2, 0) is 0 Å². The summed E-state index contributed by atoms with van der Waals surface area (Å²) in [6, 6.07) is 5.73. The Bertz CT molecular complexity index is 439. The zero-order chi connectivity index (χ0) is 12.7. The Kier molecular flexibility index (Phi) is 3.43. The molecule has 2 aliphatic rings. The van der Waals surface area contributed by atoms with Crippen molar-refractivity contribution in [3.63, 3.8) is 0 Å². The summed E-state index contributed by atoms with van der Waals surface area (Å²) in [4.78, 5) is 2.52. The Labute approximate surface area is 116 Å². The first-order chi connectivity index (χ1) is 8.65. The highest BCUT2D eigenvalue weighted by atomic mass is 79.9. The van der Waals surface area contributed by atoms with Gasteiger partial charge in [0.05, 0.1) is 4.47 Å². The Morgan fingerprint density at radius 2 is 2.00 bits per heavy atom. The first-order valence-corrected chi connectivity index (χ1v) is 7.34. The Morgan fingerprint density at radius 1 is 1.33 bits per heavy atom. The van der Waals surface area contributed by atoms with Gasteiger partial charge in [-0.05, 0) is 65.5 Å². The highest BCUT2D eigenvalue weighted by molar-refractivity contribution is 9.10. The molecule has 18 heavy (non-hydrogen) atoms. The summed E-state index contributed by atoms with van der Waals surface area (Å²) in [6.45, 7) is 6.85. The number of nitrogens with zero attached hydrogens (tertiary/aromatic N) is 1. The van der Waals surface area contributed by atoms with Crippen molar-refractivity contribution in [1.29, 1.82) is 0 Å². The lowest BCUT2D eigenvalue weighted by molar-refractivity contribution is 0.244. The van der Waals surface area contributed by atoms with E-state index in [2.05, 4.69) is 33.1 Å². The maximum Gasteiger partial charge on any atom is 0.137 e. The van der Waals surface area contributed by atoms with Crippen molar-refractivity contribution in [2.24, 2.45) is 11.8 Å². The van der Waals surface area contributed by atoms with Crippen molar-refractivity contribution in [2.75, 3.05) is 26.2 Å². The average Bonchev–Trinajstić information content (AvgIpc) is 2.92. The molecule has 0 aromatic heterocycles. The molecule has 2 aliphatic heterocycles. The van der Waals surface area contributed by atoms with Crippen LogP contribution in [0.25, 0.3) is 0 Å². The Hall–Kier alpha value is -0.450. The number of hydrogen-bond donors (Lipinski definition) is 1. The van der Waals surface area contributed by atoms with Gasteiger partial charge in [-0.1, -0.05) is 6.07 Å². The molecule has 0 saturated carbocycles. The predicted molar refractivity (Wildman–Crippen MR) is 73.9 cm³/mol. The van der Waals surface area contributed by atoms with E-state index in [1.807, 2.05) is 12.1 Å². The van der Waals surface area contributed by atoms with E-state index >= 15 is 0 Å². The minimum absolute atomic E-state index is 0.187. The first-order valence-electron chi connectivity index (χ1n) is 6.55. The minimum Gasteiger partial charge on any atom is -0.316 e. The van der Waals surface area contributed by atoms with Gasteiger partial charge in [-0.3, -0.25) is 4.90 Å². The van der Waals surface area contributed by atoms with Crippen LogP contribution >= 0.6 is 15.9 Å². The van der Waals surface area contributed by atoms with Gasteiger partial charge in [0.15, 0.2) is 0 Å². The van der Waals surface area contributed by atoms with Gasteiger partial charge in [0.25, 0.3) is 0 Å². The van der Waals surface area contributed by atoms with E-state index in [9.17, 15) is 4.39 Å². The molecule has 1 aromatic rings. The number of benzene rings is 1. The minimum atomic E-state index is -0.187. The van der Waals surface area contributed by atoms with Crippen molar-refractivity contribution in [3.8, 4) is 0 Å². The molecular formula is C14H18BrFN2. The van der Waals surface area contributed by atoms with Crippen LogP contribution in [0.2, 0.25) is 0 Å². The largest absolute Gasteiger partial charge is 0.316 e. The van der Waals surface area contributed by atoms with E-state index < -0.39 is 0 Å². The smallest absolute Gasteiger partial charge is 0.137 e. The van der Waals surface area contributed by atoms with Crippen LogP contribution < -0.4 is 5.32 Å².